The summed E-state index contributed by atoms with van der Waals surface area (Å²) in [4.78, 5) is 19.6. The number of ether oxygens (including phenoxy) is 3. The topological polar surface area (TPSA) is 86.4 Å². The van der Waals surface area contributed by atoms with Crippen LogP contribution in [-0.2, 0) is 0 Å². The third-order valence-electron chi connectivity index (χ3n) is 6.15. The van der Waals surface area contributed by atoms with Gasteiger partial charge < -0.3 is 24.8 Å². The van der Waals surface area contributed by atoms with Crippen LogP contribution >= 0.6 is 0 Å². The molecule has 4 rings (SSSR count). The fourth-order valence-electron chi connectivity index (χ4n) is 4.55. The van der Waals surface area contributed by atoms with E-state index in [0.29, 0.717) is 49.6 Å². The number of rotatable bonds is 4. The number of hydrogen-bond acceptors (Lipinski definition) is 6. The number of para-hydroxylation sites is 1. The van der Waals surface area contributed by atoms with E-state index >= 15 is 0 Å². The smallest absolute Gasteiger partial charge is 0.253 e. The lowest BCUT2D eigenvalue weighted by atomic mass is 9.78. The highest BCUT2D eigenvalue weighted by atomic mass is 16.5. The Morgan fingerprint density at radius 2 is 1.97 bits per heavy atom. The average molecular weight is 436 g/mol. The van der Waals surface area contributed by atoms with Gasteiger partial charge in [0.25, 0.3) is 5.91 Å². The number of carbonyl (C=O) groups is 1. The fraction of sp³-hybridized carbons (Fsp3) is 0.360. The standard InChI is InChI=1S/C25H29N3O4/c1-4-31-22-15-17(9-10-21(22)30-3)24(29)28-13-11-25(12-14-28)19(16-26)23(27-2)18-7-5-6-8-20(18)32-25/h5-10,15-16H,4,11-14,26H2,1-3H3. The molecule has 32 heavy (non-hydrogen) atoms. The van der Waals surface area contributed by atoms with Gasteiger partial charge in [0.05, 0.1) is 19.4 Å². The van der Waals surface area contributed by atoms with Crippen LogP contribution in [0.15, 0.2) is 59.2 Å². The highest BCUT2D eigenvalue weighted by Crippen LogP contribution is 2.43. The molecule has 1 spiro atoms. The summed E-state index contributed by atoms with van der Waals surface area (Å²) < 4.78 is 17.5. The van der Waals surface area contributed by atoms with Crippen LogP contribution in [-0.4, -0.2) is 56.0 Å². The summed E-state index contributed by atoms with van der Waals surface area (Å²) in [5.41, 5.74) is 8.72. The van der Waals surface area contributed by atoms with Gasteiger partial charge in [-0.3, -0.25) is 9.79 Å². The molecule has 0 aliphatic carbocycles. The molecule has 0 atom stereocenters. The maximum absolute atomic E-state index is 13.2. The second kappa shape index (κ2) is 8.94. The van der Waals surface area contributed by atoms with Crippen molar-refractivity contribution in [3.05, 3.63) is 65.4 Å². The lowest BCUT2D eigenvalue weighted by molar-refractivity contribution is 0.0285. The van der Waals surface area contributed by atoms with E-state index in [0.717, 1.165) is 22.6 Å². The van der Waals surface area contributed by atoms with Crippen LogP contribution in [0.2, 0.25) is 0 Å². The van der Waals surface area contributed by atoms with Gasteiger partial charge in [0, 0.05) is 55.9 Å². The minimum Gasteiger partial charge on any atom is -0.493 e. The second-order valence-corrected chi connectivity index (χ2v) is 7.84. The molecule has 0 saturated carbocycles. The molecule has 0 bridgehead atoms. The van der Waals surface area contributed by atoms with E-state index in [2.05, 4.69) is 4.99 Å². The van der Waals surface area contributed by atoms with E-state index in [1.165, 1.54) is 0 Å². The second-order valence-electron chi connectivity index (χ2n) is 7.84. The summed E-state index contributed by atoms with van der Waals surface area (Å²) in [5, 5.41) is 0. The van der Waals surface area contributed by atoms with Crippen LogP contribution in [0.5, 0.6) is 17.2 Å². The van der Waals surface area contributed by atoms with Gasteiger partial charge >= 0.3 is 0 Å². The molecular formula is C25H29N3O4. The third-order valence-corrected chi connectivity index (χ3v) is 6.15. The summed E-state index contributed by atoms with van der Waals surface area (Å²) >= 11 is 0. The van der Waals surface area contributed by atoms with Crippen molar-refractivity contribution in [3.8, 4) is 17.2 Å². The van der Waals surface area contributed by atoms with Gasteiger partial charge in [0.1, 0.15) is 11.4 Å². The van der Waals surface area contributed by atoms with E-state index in [-0.39, 0.29) is 5.91 Å². The van der Waals surface area contributed by atoms with Crippen molar-refractivity contribution in [2.24, 2.45) is 10.7 Å². The fourth-order valence-corrected chi connectivity index (χ4v) is 4.55. The molecule has 0 radical (unpaired) electrons. The summed E-state index contributed by atoms with van der Waals surface area (Å²) in [7, 11) is 3.36. The molecular weight excluding hydrogens is 406 g/mol. The Morgan fingerprint density at radius 1 is 1.22 bits per heavy atom. The first kappa shape index (κ1) is 21.7. The number of hydrogen-bond donors (Lipinski definition) is 1. The lowest BCUT2D eigenvalue weighted by Gasteiger charge is -2.46. The molecule has 1 fully saturated rings. The molecule has 1 saturated heterocycles. The highest BCUT2D eigenvalue weighted by Gasteiger charge is 2.46. The van der Waals surface area contributed by atoms with Gasteiger partial charge in [0.2, 0.25) is 0 Å². The Kier molecular flexibility index (Phi) is 6.08. The predicted molar refractivity (Wildman–Crippen MR) is 124 cm³/mol. The molecule has 2 aromatic carbocycles. The number of amides is 1. The van der Waals surface area contributed by atoms with Crippen molar-refractivity contribution in [3.63, 3.8) is 0 Å². The molecule has 0 unspecified atom stereocenters. The molecule has 2 aromatic rings. The molecule has 1 amide bonds. The van der Waals surface area contributed by atoms with Gasteiger partial charge in [0.15, 0.2) is 11.5 Å². The van der Waals surface area contributed by atoms with Crippen molar-refractivity contribution in [2.45, 2.75) is 25.4 Å². The number of fused-ring (bicyclic) bond motifs is 1. The zero-order valence-electron chi connectivity index (χ0n) is 18.8. The van der Waals surface area contributed by atoms with E-state index in [1.807, 2.05) is 36.1 Å². The van der Waals surface area contributed by atoms with E-state index in [9.17, 15) is 4.79 Å². The number of methoxy groups -OCH3 is 1. The van der Waals surface area contributed by atoms with Crippen molar-refractivity contribution in [2.75, 3.05) is 33.9 Å². The first-order valence-electron chi connectivity index (χ1n) is 10.8. The Labute approximate surface area is 188 Å². The van der Waals surface area contributed by atoms with Crippen molar-refractivity contribution < 1.29 is 19.0 Å². The maximum Gasteiger partial charge on any atom is 0.253 e. The van der Waals surface area contributed by atoms with Gasteiger partial charge in [-0.05, 0) is 37.3 Å². The number of nitrogens with zero attached hydrogens (tertiary/aromatic N) is 2. The zero-order chi connectivity index (χ0) is 22.7. The first-order valence-corrected chi connectivity index (χ1v) is 10.8. The average Bonchev–Trinajstić information content (AvgIpc) is 2.83. The van der Waals surface area contributed by atoms with Crippen LogP contribution in [0.25, 0.3) is 0 Å². The molecule has 2 N–H and O–H groups in total. The third kappa shape index (κ3) is 3.68. The molecule has 7 nitrogen and oxygen atoms in total. The van der Waals surface area contributed by atoms with Crippen molar-refractivity contribution in [1.29, 1.82) is 0 Å². The predicted octanol–water partition coefficient (Wildman–Crippen LogP) is 3.42. The molecule has 168 valence electrons. The molecule has 2 heterocycles. The molecule has 2 aliphatic heterocycles. The first-order chi connectivity index (χ1) is 15.6. The monoisotopic (exact) mass is 435 g/mol. The SMILES string of the molecule is CCOc1cc(C(=O)N2CCC3(CC2)Oc2ccccc2C(=NC)C3=CN)ccc1OC. The minimum atomic E-state index is -0.592. The Bertz CT molecular complexity index is 1070. The summed E-state index contributed by atoms with van der Waals surface area (Å²) in [6, 6.07) is 13.2. The lowest BCUT2D eigenvalue weighted by Crippen LogP contribution is -2.54. The highest BCUT2D eigenvalue weighted by molar-refractivity contribution is 6.16. The van der Waals surface area contributed by atoms with Crippen LogP contribution in [0, 0.1) is 0 Å². The van der Waals surface area contributed by atoms with Crippen LogP contribution < -0.4 is 19.9 Å². The van der Waals surface area contributed by atoms with Gasteiger partial charge in [-0.2, -0.15) is 0 Å². The van der Waals surface area contributed by atoms with Crippen molar-refractivity contribution in [1.82, 2.24) is 4.90 Å². The van der Waals surface area contributed by atoms with Crippen LogP contribution in [0.1, 0.15) is 35.7 Å². The van der Waals surface area contributed by atoms with E-state index < -0.39 is 5.60 Å². The Hall–Kier alpha value is -3.48. The number of piperidine rings is 1. The van der Waals surface area contributed by atoms with Gasteiger partial charge in [-0.15, -0.1) is 0 Å². The molecule has 0 aromatic heterocycles. The van der Waals surface area contributed by atoms with Gasteiger partial charge in [-0.1, -0.05) is 12.1 Å². The number of carbonyl (C=O) groups excluding carboxylic acids is 1. The van der Waals surface area contributed by atoms with Gasteiger partial charge in [-0.25, -0.2) is 0 Å². The Morgan fingerprint density at radius 3 is 2.62 bits per heavy atom. The van der Waals surface area contributed by atoms with E-state index in [1.54, 1.807) is 38.6 Å². The molecule has 7 heteroatoms. The summed E-state index contributed by atoms with van der Waals surface area (Å²) in [5.74, 6) is 1.94. The number of likely N-dealkylation sites (tertiary alicyclic amines) is 1. The normalized spacial score (nSPS) is 19.5. The Balaban J connectivity index is 1.56. The zero-order valence-corrected chi connectivity index (χ0v) is 18.8. The maximum atomic E-state index is 13.2. The van der Waals surface area contributed by atoms with Crippen LogP contribution in [0.4, 0.5) is 0 Å². The largest absolute Gasteiger partial charge is 0.493 e. The summed E-state index contributed by atoms with van der Waals surface area (Å²) in [6.07, 6.45) is 2.86. The summed E-state index contributed by atoms with van der Waals surface area (Å²) in [6.45, 7) is 3.49. The quantitative estimate of drug-likeness (QED) is 0.795. The minimum absolute atomic E-state index is 0.0395. The van der Waals surface area contributed by atoms with Crippen molar-refractivity contribution >= 4 is 11.6 Å². The van der Waals surface area contributed by atoms with Crippen LogP contribution in [0.3, 0.4) is 0 Å². The van der Waals surface area contributed by atoms with E-state index in [4.69, 9.17) is 19.9 Å². The molecule has 2 aliphatic rings. The number of aliphatic imine (C=N–C) groups is 1. The number of nitrogens with two attached hydrogens (primary N) is 1. The number of benzene rings is 2.